The van der Waals surface area contributed by atoms with Gasteiger partial charge in [0.1, 0.15) is 16.2 Å². The van der Waals surface area contributed by atoms with Crippen LogP contribution in [-0.2, 0) is 14.4 Å². The summed E-state index contributed by atoms with van der Waals surface area (Å²) < 4.78 is 41.9. The number of hydrogen-bond donors (Lipinski definition) is 0. The van der Waals surface area contributed by atoms with Crippen LogP contribution in [0.3, 0.4) is 0 Å². The second-order valence-corrected chi connectivity index (χ2v) is 12.5. The minimum atomic E-state index is -5.62. The molecule has 3 aromatic rings. The van der Waals surface area contributed by atoms with Crippen molar-refractivity contribution in [3.63, 3.8) is 0 Å². The Labute approximate surface area is 212 Å². The Kier molecular flexibility index (Phi) is 6.82. The molecule has 0 fully saturated rings. The van der Waals surface area contributed by atoms with Crippen LogP contribution in [0.2, 0.25) is 0 Å². The molecule has 0 amide bonds. The van der Waals surface area contributed by atoms with Crippen LogP contribution >= 0.6 is 10.3 Å². The van der Waals surface area contributed by atoms with Crippen molar-refractivity contribution in [2.75, 3.05) is 6.26 Å². The second-order valence-electron chi connectivity index (χ2n) is 8.13. The van der Waals surface area contributed by atoms with Gasteiger partial charge in [-0.05, 0) is 11.1 Å². The molecule has 12 nitrogen and oxygen atoms in total. The van der Waals surface area contributed by atoms with Gasteiger partial charge in [0.25, 0.3) is 10.6 Å². The van der Waals surface area contributed by atoms with Gasteiger partial charge in [-0.25, -0.2) is 8.42 Å². The molecule has 0 aromatic heterocycles. The molecule has 2 unspecified atom stereocenters. The predicted octanol–water partition coefficient (Wildman–Crippen LogP) is 5.15. The normalized spacial score (nSPS) is 22.6. The van der Waals surface area contributed by atoms with Crippen molar-refractivity contribution >= 4 is 37.5 Å². The Morgan fingerprint density at radius 1 is 0.784 bits per heavy atom. The molecule has 3 aromatic carbocycles. The second kappa shape index (κ2) is 9.72. The zero-order valence-electron chi connectivity index (χ0n) is 19.1. The van der Waals surface area contributed by atoms with E-state index >= 15 is 0 Å². The van der Waals surface area contributed by atoms with Gasteiger partial charge in [-0.15, -0.1) is 0 Å². The van der Waals surface area contributed by atoms with Crippen molar-refractivity contribution in [3.8, 4) is 0 Å². The number of nitro groups is 2. The van der Waals surface area contributed by atoms with E-state index in [2.05, 4.69) is 0 Å². The number of hydrogen-bond acceptors (Lipinski definition) is 9. The van der Waals surface area contributed by atoms with Gasteiger partial charge in [-0.3, -0.25) is 20.2 Å². The molecule has 1 aliphatic rings. The maximum absolute atomic E-state index is 13.4. The summed E-state index contributed by atoms with van der Waals surface area (Å²) >= 11 is 0. The highest BCUT2D eigenvalue weighted by molar-refractivity contribution is 8.30. The molecule has 0 saturated carbocycles. The predicted molar refractivity (Wildman–Crippen MR) is 133 cm³/mol. The molecule has 2 atom stereocenters. The van der Waals surface area contributed by atoms with E-state index in [1.807, 2.05) is 36.4 Å². The third kappa shape index (κ3) is 4.94. The average Bonchev–Trinajstić information content (AvgIpc) is 3.19. The molecule has 14 heteroatoms. The molecule has 0 radical (unpaired) electrons. The van der Waals surface area contributed by atoms with Crippen molar-refractivity contribution in [1.29, 1.82) is 0 Å². The molecule has 4 rings (SSSR count). The topological polar surface area (TPSA) is 173 Å². The lowest BCUT2D eigenvalue weighted by Crippen LogP contribution is -2.19. The van der Waals surface area contributed by atoms with Gasteiger partial charge in [0.15, 0.2) is 0 Å². The van der Waals surface area contributed by atoms with E-state index in [1.165, 1.54) is 0 Å². The summed E-state index contributed by atoms with van der Waals surface area (Å²) in [6.07, 6.45) is 5.36. The van der Waals surface area contributed by atoms with Gasteiger partial charge in [-0.1, -0.05) is 72.8 Å². The molecule has 0 bridgehead atoms. The summed E-state index contributed by atoms with van der Waals surface area (Å²) in [6, 6.07) is 18.8. The van der Waals surface area contributed by atoms with Crippen LogP contribution in [0.4, 0.5) is 17.1 Å². The zero-order chi connectivity index (χ0) is 27.0. The van der Waals surface area contributed by atoms with Crippen molar-refractivity contribution in [2.24, 2.45) is 0 Å². The number of nitrogens with zero attached hydrogens (tertiary/aromatic N) is 3. The summed E-state index contributed by atoms with van der Waals surface area (Å²) in [5.74, 6) is 0. The highest BCUT2D eigenvalue weighted by Gasteiger charge is 2.49. The minimum absolute atomic E-state index is 0.313. The summed E-state index contributed by atoms with van der Waals surface area (Å²) in [5, 5.41) is 21.9. The first kappa shape index (κ1) is 25.9. The van der Waals surface area contributed by atoms with Crippen LogP contribution in [0.15, 0.2) is 89.8 Å². The Morgan fingerprint density at radius 2 is 1.24 bits per heavy atom. The Bertz CT molecular complexity index is 1480. The molecule has 192 valence electrons. The highest BCUT2D eigenvalue weighted by Crippen LogP contribution is 2.72. The van der Waals surface area contributed by atoms with E-state index in [4.69, 9.17) is 4.28 Å². The fourth-order valence-corrected chi connectivity index (χ4v) is 8.07. The summed E-state index contributed by atoms with van der Waals surface area (Å²) in [4.78, 5) is 32.2. The van der Waals surface area contributed by atoms with Gasteiger partial charge in [-0.2, -0.15) is 4.28 Å². The van der Waals surface area contributed by atoms with Gasteiger partial charge >= 0.3 is 11.4 Å². The number of nitro benzene ring substituents is 2. The third-order valence-corrected chi connectivity index (χ3v) is 10.1. The summed E-state index contributed by atoms with van der Waals surface area (Å²) in [7, 11) is -8.23. The lowest BCUT2D eigenvalue weighted by Gasteiger charge is -2.36. The standard InChI is InChI=1S/C23H19N3O9S2/c1-36(21(16-8-4-2-5-9-16)12-13-22(36)17-10-6-3-7-11-17)35-26(31)20-15-18(24(27)28)14-19(25(29)30)23(20)37(32,33)34/h2-15,21-22H,1H3. The van der Waals surface area contributed by atoms with E-state index in [1.54, 1.807) is 42.7 Å². The fraction of sp³-hybridized carbons (Fsp3) is 0.130. The molecule has 0 spiro atoms. The van der Waals surface area contributed by atoms with Crippen molar-refractivity contribution < 1.29 is 32.0 Å². The molecule has 1 heterocycles. The maximum atomic E-state index is 13.4. The maximum Gasteiger partial charge on any atom is 0.349 e. The third-order valence-electron chi connectivity index (χ3n) is 5.84. The van der Waals surface area contributed by atoms with Crippen LogP contribution in [0.25, 0.3) is 0 Å². The number of benzene rings is 3. The monoisotopic (exact) mass is 545 g/mol. The lowest BCUT2D eigenvalue weighted by molar-refractivity contribution is -0.698. The number of rotatable bonds is 8. The first-order chi connectivity index (χ1) is 17.4. The van der Waals surface area contributed by atoms with Gasteiger partial charge < -0.3 is 4.55 Å². The fourth-order valence-electron chi connectivity index (χ4n) is 4.22. The summed E-state index contributed by atoms with van der Waals surface area (Å²) in [6.45, 7) is 0. The van der Waals surface area contributed by atoms with Crippen LogP contribution in [0.1, 0.15) is 21.6 Å². The van der Waals surface area contributed by atoms with Crippen molar-refractivity contribution in [1.82, 2.24) is 0 Å². The Morgan fingerprint density at radius 3 is 1.65 bits per heavy atom. The molecule has 1 aliphatic heterocycles. The zero-order valence-corrected chi connectivity index (χ0v) is 20.7. The van der Waals surface area contributed by atoms with E-state index in [-0.39, 0.29) is 4.92 Å². The quantitative estimate of drug-likeness (QED) is 0.160. The Hall–Kier alpha value is -4.14. The van der Waals surface area contributed by atoms with Gasteiger partial charge in [0.05, 0.1) is 31.3 Å². The highest BCUT2D eigenvalue weighted by atomic mass is 32.3. The lowest BCUT2D eigenvalue weighted by atomic mass is 10.1. The van der Waals surface area contributed by atoms with Gasteiger partial charge in [0, 0.05) is 16.6 Å². The molecule has 0 aliphatic carbocycles. The van der Waals surface area contributed by atoms with Gasteiger partial charge in [0.2, 0.25) is 4.90 Å². The van der Waals surface area contributed by atoms with E-state index in [0.717, 1.165) is 11.1 Å². The molecule has 0 N–H and O–H groups in total. The van der Waals surface area contributed by atoms with Crippen LogP contribution < -0.4 is 0 Å². The Balaban J connectivity index is 1.88. The smallest absolute Gasteiger partial charge is 0.349 e. The SMILES string of the molecule is CS1(O[N+](=O)c2cc([N+](=O)[O-])cc([N+](=O)[O-])c2S(=O)(=O)[O-])C(c2ccccc2)C=CC1c1ccccc1. The first-order valence-electron chi connectivity index (χ1n) is 10.6. The van der Waals surface area contributed by atoms with Crippen LogP contribution in [0, 0.1) is 25.1 Å². The van der Waals surface area contributed by atoms with Crippen molar-refractivity contribution in [3.05, 3.63) is 121 Å². The van der Waals surface area contributed by atoms with Crippen molar-refractivity contribution in [2.45, 2.75) is 15.4 Å². The van der Waals surface area contributed by atoms with E-state index in [0.29, 0.717) is 12.1 Å². The van der Waals surface area contributed by atoms with E-state index in [9.17, 15) is 38.1 Å². The average molecular weight is 546 g/mol. The van der Waals surface area contributed by atoms with Crippen LogP contribution in [-0.4, -0.2) is 34.0 Å². The molecular formula is C23H19N3O9S2. The van der Waals surface area contributed by atoms with Crippen LogP contribution in [0.5, 0.6) is 0 Å². The van der Waals surface area contributed by atoms with E-state index < -0.39 is 62.7 Å². The summed E-state index contributed by atoms with van der Waals surface area (Å²) in [5.41, 5.74) is -1.93. The first-order valence-corrected chi connectivity index (χ1v) is 14.1. The number of non-ortho nitro benzene ring substituents is 1. The molecule has 0 saturated heterocycles. The minimum Gasteiger partial charge on any atom is -0.744 e. The molecule has 37 heavy (non-hydrogen) atoms. The largest absolute Gasteiger partial charge is 0.744 e. The molecular weight excluding hydrogens is 526 g/mol.